The summed E-state index contributed by atoms with van der Waals surface area (Å²) in [5.41, 5.74) is 0.607. The summed E-state index contributed by atoms with van der Waals surface area (Å²) in [5, 5.41) is 13.6. The van der Waals surface area contributed by atoms with E-state index < -0.39 is 23.3 Å². The van der Waals surface area contributed by atoms with Crippen molar-refractivity contribution in [2.75, 3.05) is 5.32 Å². The quantitative estimate of drug-likeness (QED) is 0.670. The van der Waals surface area contributed by atoms with Gasteiger partial charge in [0.2, 0.25) is 0 Å². The molecule has 0 bridgehead atoms. The Bertz CT molecular complexity index is 758. The number of aliphatic hydroxyl groups is 1. The zero-order valence-corrected chi connectivity index (χ0v) is 14.9. The van der Waals surface area contributed by atoms with E-state index in [0.29, 0.717) is 16.9 Å². The molecule has 1 heterocycles. The second-order valence-corrected chi connectivity index (χ2v) is 6.90. The zero-order valence-electron chi connectivity index (χ0n) is 12.6. The van der Waals surface area contributed by atoms with Gasteiger partial charge in [-0.1, -0.05) is 23.2 Å². The first-order valence-corrected chi connectivity index (χ1v) is 8.39. The molecule has 5 nitrogen and oxygen atoms in total. The Labute approximate surface area is 154 Å². The minimum Gasteiger partial charge on any atom is -0.389 e. The van der Waals surface area contributed by atoms with Gasteiger partial charge in [0.15, 0.2) is 5.01 Å². The summed E-state index contributed by atoms with van der Waals surface area (Å²) in [6.45, 7) is 1.40. The number of rotatable bonds is 4. The molecule has 0 saturated heterocycles. The number of amides is 2. The number of carbonyl (C=O) groups is 1. The molecule has 1 aromatic heterocycles. The van der Waals surface area contributed by atoms with Gasteiger partial charge in [-0.05, 0) is 24.6 Å². The monoisotopic (exact) mass is 413 g/mol. The molecule has 0 spiro atoms. The van der Waals surface area contributed by atoms with Crippen molar-refractivity contribution in [3.8, 4) is 0 Å². The second kappa shape index (κ2) is 7.77. The van der Waals surface area contributed by atoms with Crippen LogP contribution in [0.2, 0.25) is 10.0 Å². The summed E-state index contributed by atoms with van der Waals surface area (Å²) in [4.78, 5) is 15.4. The lowest BCUT2D eigenvalue weighted by Crippen LogP contribution is -2.28. The van der Waals surface area contributed by atoms with Crippen molar-refractivity contribution in [1.82, 2.24) is 10.3 Å². The number of aliphatic hydroxyl groups excluding tert-OH is 1. The Kier molecular flexibility index (Phi) is 6.15. The summed E-state index contributed by atoms with van der Waals surface area (Å²) >= 11 is 12.5. The average molecular weight is 414 g/mol. The molecule has 0 radical (unpaired) electrons. The van der Waals surface area contributed by atoms with Gasteiger partial charge < -0.3 is 15.7 Å². The first-order chi connectivity index (χ1) is 11.6. The molecule has 0 fully saturated rings. The van der Waals surface area contributed by atoms with Gasteiger partial charge in [0.05, 0.1) is 28.4 Å². The first kappa shape index (κ1) is 19.8. The van der Waals surface area contributed by atoms with Crippen molar-refractivity contribution in [3.63, 3.8) is 0 Å². The fourth-order valence-corrected chi connectivity index (χ4v) is 3.12. The number of carbonyl (C=O) groups excluding carboxylic acids is 1. The van der Waals surface area contributed by atoms with Gasteiger partial charge in [0.25, 0.3) is 0 Å². The maximum absolute atomic E-state index is 12.5. The van der Waals surface area contributed by atoms with Crippen LogP contribution in [0.25, 0.3) is 0 Å². The number of nitrogens with zero attached hydrogens (tertiary/aromatic N) is 1. The van der Waals surface area contributed by atoms with Crippen LogP contribution in [0.3, 0.4) is 0 Å². The second-order valence-electron chi connectivity index (χ2n) is 4.97. The van der Waals surface area contributed by atoms with Gasteiger partial charge >= 0.3 is 12.2 Å². The summed E-state index contributed by atoms with van der Waals surface area (Å²) in [6.07, 6.45) is -4.25. The van der Waals surface area contributed by atoms with Gasteiger partial charge in [-0.15, -0.1) is 11.3 Å². The number of anilines is 1. The minimum absolute atomic E-state index is 0.121. The Morgan fingerprint density at radius 3 is 2.44 bits per heavy atom. The van der Waals surface area contributed by atoms with Crippen LogP contribution in [0.15, 0.2) is 18.3 Å². The lowest BCUT2D eigenvalue weighted by atomic mass is 10.1. The van der Waals surface area contributed by atoms with Crippen LogP contribution in [0.1, 0.15) is 28.5 Å². The molecule has 0 aliphatic carbocycles. The molecule has 0 aliphatic rings. The molecule has 2 rings (SSSR count). The number of alkyl halides is 3. The number of urea groups is 1. The Hall–Kier alpha value is -1.55. The predicted molar refractivity (Wildman–Crippen MR) is 90.1 cm³/mol. The average Bonchev–Trinajstić information content (AvgIpc) is 2.97. The third kappa shape index (κ3) is 5.21. The van der Waals surface area contributed by atoms with Crippen LogP contribution in [0.4, 0.5) is 23.7 Å². The van der Waals surface area contributed by atoms with Crippen molar-refractivity contribution in [2.45, 2.75) is 25.7 Å². The third-order valence-corrected chi connectivity index (χ3v) is 4.64. The van der Waals surface area contributed by atoms with E-state index in [1.54, 1.807) is 0 Å². The van der Waals surface area contributed by atoms with E-state index in [1.807, 2.05) is 0 Å². The van der Waals surface area contributed by atoms with Crippen LogP contribution in [-0.2, 0) is 12.7 Å². The van der Waals surface area contributed by atoms with Gasteiger partial charge in [0, 0.05) is 11.1 Å². The SMILES string of the molecule is C[C@H](O)c1cc(Cl)c(NC(=O)NCc2cnc(C(F)(F)F)s2)c(Cl)c1. The molecule has 2 aromatic rings. The molecule has 136 valence electrons. The molecule has 1 aromatic carbocycles. The van der Waals surface area contributed by atoms with Crippen LogP contribution < -0.4 is 10.6 Å². The molecule has 3 N–H and O–H groups in total. The number of thiazole rings is 1. The Morgan fingerprint density at radius 2 is 1.96 bits per heavy atom. The number of hydrogen-bond donors (Lipinski definition) is 3. The smallest absolute Gasteiger partial charge is 0.389 e. The van der Waals surface area contributed by atoms with Crippen molar-refractivity contribution in [3.05, 3.63) is 43.8 Å². The number of benzene rings is 1. The molecule has 0 aliphatic heterocycles. The summed E-state index contributed by atoms with van der Waals surface area (Å²) in [5.74, 6) is 0. The lowest BCUT2D eigenvalue weighted by Gasteiger charge is -2.13. The molecule has 2 amide bonds. The minimum atomic E-state index is -4.52. The lowest BCUT2D eigenvalue weighted by molar-refractivity contribution is -0.137. The van der Waals surface area contributed by atoms with E-state index in [1.165, 1.54) is 19.1 Å². The van der Waals surface area contributed by atoms with Gasteiger partial charge in [-0.3, -0.25) is 0 Å². The largest absolute Gasteiger partial charge is 0.443 e. The van der Waals surface area contributed by atoms with E-state index in [4.69, 9.17) is 23.2 Å². The van der Waals surface area contributed by atoms with E-state index in [-0.39, 0.29) is 27.2 Å². The maximum atomic E-state index is 12.5. The maximum Gasteiger partial charge on any atom is 0.443 e. The predicted octanol–water partition coefficient (Wildman–Crippen LogP) is 4.84. The van der Waals surface area contributed by atoms with E-state index in [0.717, 1.165) is 6.20 Å². The fourth-order valence-electron chi connectivity index (χ4n) is 1.80. The number of aromatic nitrogens is 1. The molecule has 1 atom stereocenters. The summed E-state index contributed by atoms with van der Waals surface area (Å²) in [7, 11) is 0. The van der Waals surface area contributed by atoms with Crippen LogP contribution in [0, 0.1) is 0 Å². The van der Waals surface area contributed by atoms with Gasteiger partial charge in [-0.25, -0.2) is 9.78 Å². The van der Waals surface area contributed by atoms with Crippen molar-refractivity contribution < 1.29 is 23.1 Å². The molecular weight excluding hydrogens is 402 g/mol. The highest BCUT2D eigenvalue weighted by atomic mass is 35.5. The van der Waals surface area contributed by atoms with Gasteiger partial charge in [-0.2, -0.15) is 13.2 Å². The van der Waals surface area contributed by atoms with Crippen molar-refractivity contribution in [1.29, 1.82) is 0 Å². The van der Waals surface area contributed by atoms with Crippen LogP contribution in [0.5, 0.6) is 0 Å². The summed E-state index contributed by atoms with van der Waals surface area (Å²) in [6, 6.07) is 2.20. The standard InChI is InChI=1S/C14H12Cl2F3N3O2S/c1-6(23)7-2-9(15)11(10(16)3-7)22-13(24)21-5-8-4-20-12(25-8)14(17,18)19/h2-4,6,23H,5H2,1H3,(H2,21,22,24)/t6-/m0/s1. The van der Waals surface area contributed by atoms with E-state index in [2.05, 4.69) is 15.6 Å². The highest BCUT2D eigenvalue weighted by Gasteiger charge is 2.34. The molecule has 0 saturated carbocycles. The summed E-state index contributed by atoms with van der Waals surface area (Å²) < 4.78 is 37.4. The molecule has 0 unspecified atom stereocenters. The topological polar surface area (TPSA) is 74.2 Å². The van der Waals surface area contributed by atoms with Crippen LogP contribution >= 0.6 is 34.5 Å². The highest BCUT2D eigenvalue weighted by Crippen LogP contribution is 2.34. The van der Waals surface area contributed by atoms with Gasteiger partial charge in [0.1, 0.15) is 0 Å². The zero-order chi connectivity index (χ0) is 18.8. The Morgan fingerprint density at radius 1 is 1.36 bits per heavy atom. The fraction of sp³-hybridized carbons (Fsp3) is 0.286. The number of halogens is 5. The van der Waals surface area contributed by atoms with Crippen molar-refractivity contribution in [2.24, 2.45) is 0 Å². The van der Waals surface area contributed by atoms with Crippen molar-refractivity contribution >= 4 is 46.3 Å². The Balaban J connectivity index is 2.00. The first-order valence-electron chi connectivity index (χ1n) is 6.81. The van der Waals surface area contributed by atoms with E-state index in [9.17, 15) is 23.1 Å². The molecule has 25 heavy (non-hydrogen) atoms. The van der Waals surface area contributed by atoms with E-state index >= 15 is 0 Å². The molecule has 11 heteroatoms. The molecular formula is C14H12Cl2F3N3O2S. The number of nitrogens with one attached hydrogen (secondary N) is 2. The van der Waals surface area contributed by atoms with Crippen LogP contribution in [-0.4, -0.2) is 16.1 Å². The normalized spacial score (nSPS) is 12.8. The number of hydrogen-bond acceptors (Lipinski definition) is 4. The third-order valence-electron chi connectivity index (χ3n) is 3.00. The highest BCUT2D eigenvalue weighted by molar-refractivity contribution is 7.11.